The summed E-state index contributed by atoms with van der Waals surface area (Å²) in [6.07, 6.45) is 6.93. The topological polar surface area (TPSA) is 15.3 Å². The molecule has 2 fully saturated rings. The van der Waals surface area contributed by atoms with Crippen molar-refractivity contribution in [3.05, 3.63) is 0 Å². The van der Waals surface area contributed by atoms with Gasteiger partial charge in [-0.2, -0.15) is 0 Å². The predicted octanol–water partition coefficient (Wildman–Crippen LogP) is 3.91. The Balaban J connectivity index is 1.94. The molecule has 2 heteroatoms. The molecule has 2 saturated carbocycles. The number of nitrogens with one attached hydrogen (secondary N) is 1. The quantitative estimate of drug-likeness (QED) is 0.725. The lowest BCUT2D eigenvalue weighted by Crippen LogP contribution is -2.46. The van der Waals surface area contributed by atoms with Gasteiger partial charge in [-0.05, 0) is 55.9 Å². The summed E-state index contributed by atoms with van der Waals surface area (Å²) in [5.41, 5.74) is 0.479. The van der Waals surface area contributed by atoms with Crippen molar-refractivity contribution in [1.82, 2.24) is 10.2 Å². The van der Waals surface area contributed by atoms with Crippen LogP contribution in [0.2, 0.25) is 0 Å². The Hall–Kier alpha value is -0.0800. The average molecular weight is 280 g/mol. The van der Waals surface area contributed by atoms with Crippen LogP contribution >= 0.6 is 0 Å². The van der Waals surface area contributed by atoms with Gasteiger partial charge in [0.25, 0.3) is 0 Å². The van der Waals surface area contributed by atoms with E-state index in [1.807, 2.05) is 0 Å². The highest BCUT2D eigenvalue weighted by molar-refractivity contribution is 4.98. The number of hydrogen-bond acceptors (Lipinski definition) is 2. The summed E-state index contributed by atoms with van der Waals surface area (Å²) in [4.78, 5) is 2.80. The minimum atomic E-state index is 0.479. The Morgan fingerprint density at radius 3 is 2.45 bits per heavy atom. The van der Waals surface area contributed by atoms with E-state index in [1.54, 1.807) is 0 Å². The summed E-state index contributed by atoms with van der Waals surface area (Å²) in [6, 6.07) is 1.63. The van der Waals surface area contributed by atoms with Gasteiger partial charge in [0, 0.05) is 25.2 Å². The SMILES string of the molecule is CCCNC1C(CN(CC(C)C)C2CC2)CCC1(C)C. The van der Waals surface area contributed by atoms with Gasteiger partial charge < -0.3 is 5.32 Å². The third-order valence-corrected chi connectivity index (χ3v) is 5.22. The second-order valence-corrected chi connectivity index (χ2v) is 8.30. The van der Waals surface area contributed by atoms with Gasteiger partial charge in [0.2, 0.25) is 0 Å². The Bertz CT molecular complexity index is 294. The molecule has 2 atom stereocenters. The lowest BCUT2D eigenvalue weighted by molar-refractivity contribution is 0.164. The minimum absolute atomic E-state index is 0.479. The third kappa shape index (κ3) is 4.21. The molecule has 0 amide bonds. The van der Waals surface area contributed by atoms with Crippen molar-refractivity contribution in [3.8, 4) is 0 Å². The van der Waals surface area contributed by atoms with Crippen LogP contribution in [-0.2, 0) is 0 Å². The van der Waals surface area contributed by atoms with Crippen LogP contribution in [0.5, 0.6) is 0 Å². The fourth-order valence-corrected chi connectivity index (χ4v) is 4.04. The first-order chi connectivity index (χ1) is 9.44. The lowest BCUT2D eigenvalue weighted by Gasteiger charge is -2.35. The maximum Gasteiger partial charge on any atom is 0.0159 e. The van der Waals surface area contributed by atoms with Gasteiger partial charge in [0.1, 0.15) is 0 Å². The molecule has 2 rings (SSSR count). The van der Waals surface area contributed by atoms with Gasteiger partial charge in [-0.25, -0.2) is 0 Å². The van der Waals surface area contributed by atoms with E-state index in [0.29, 0.717) is 5.41 Å². The van der Waals surface area contributed by atoms with E-state index in [9.17, 15) is 0 Å². The Labute approximate surface area is 126 Å². The fraction of sp³-hybridized carbons (Fsp3) is 1.00. The van der Waals surface area contributed by atoms with E-state index >= 15 is 0 Å². The molecule has 0 bridgehead atoms. The van der Waals surface area contributed by atoms with E-state index in [1.165, 1.54) is 51.7 Å². The zero-order valence-electron chi connectivity index (χ0n) is 14.4. The highest BCUT2D eigenvalue weighted by Gasteiger charge is 2.43. The van der Waals surface area contributed by atoms with Gasteiger partial charge >= 0.3 is 0 Å². The Morgan fingerprint density at radius 2 is 1.90 bits per heavy atom. The fourth-order valence-electron chi connectivity index (χ4n) is 4.04. The molecule has 0 aromatic heterocycles. The standard InChI is InChI=1S/C18H36N2/c1-6-11-19-17-15(9-10-18(17,4)5)13-20(12-14(2)3)16-7-8-16/h14-17,19H,6-13H2,1-5H3. The maximum atomic E-state index is 3.86. The summed E-state index contributed by atoms with van der Waals surface area (Å²) in [5, 5.41) is 3.86. The second kappa shape index (κ2) is 6.79. The van der Waals surface area contributed by atoms with E-state index in [4.69, 9.17) is 0 Å². The Kier molecular flexibility index (Phi) is 5.53. The highest BCUT2D eigenvalue weighted by atomic mass is 15.2. The van der Waals surface area contributed by atoms with E-state index in [2.05, 4.69) is 44.8 Å². The Morgan fingerprint density at radius 1 is 1.20 bits per heavy atom. The molecular weight excluding hydrogens is 244 g/mol. The monoisotopic (exact) mass is 280 g/mol. The van der Waals surface area contributed by atoms with Crippen LogP contribution in [0.3, 0.4) is 0 Å². The van der Waals surface area contributed by atoms with Gasteiger partial charge in [-0.3, -0.25) is 4.90 Å². The van der Waals surface area contributed by atoms with Gasteiger partial charge in [-0.15, -0.1) is 0 Å². The normalized spacial score (nSPS) is 29.6. The molecule has 0 spiro atoms. The summed E-state index contributed by atoms with van der Waals surface area (Å²) >= 11 is 0. The van der Waals surface area contributed by atoms with Gasteiger partial charge in [0.05, 0.1) is 0 Å². The van der Waals surface area contributed by atoms with Crippen molar-refractivity contribution in [2.45, 2.75) is 78.8 Å². The average Bonchev–Trinajstić information content (AvgIpc) is 3.14. The first-order valence-electron chi connectivity index (χ1n) is 8.91. The lowest BCUT2D eigenvalue weighted by atomic mass is 9.84. The van der Waals surface area contributed by atoms with Crippen LogP contribution in [0, 0.1) is 17.3 Å². The number of hydrogen-bond donors (Lipinski definition) is 1. The van der Waals surface area contributed by atoms with Crippen LogP contribution in [0.1, 0.15) is 66.7 Å². The molecule has 0 saturated heterocycles. The van der Waals surface area contributed by atoms with Gasteiger partial charge in [0.15, 0.2) is 0 Å². The predicted molar refractivity (Wildman–Crippen MR) is 88.0 cm³/mol. The molecule has 2 unspecified atom stereocenters. The first-order valence-corrected chi connectivity index (χ1v) is 8.91. The second-order valence-electron chi connectivity index (χ2n) is 8.30. The first kappa shape index (κ1) is 16.3. The van der Waals surface area contributed by atoms with Gasteiger partial charge in [-0.1, -0.05) is 34.6 Å². The molecule has 0 heterocycles. The largest absolute Gasteiger partial charge is 0.313 e. The zero-order valence-corrected chi connectivity index (χ0v) is 14.4. The molecule has 0 radical (unpaired) electrons. The summed E-state index contributed by atoms with van der Waals surface area (Å²) in [5.74, 6) is 1.66. The van der Waals surface area contributed by atoms with Crippen LogP contribution in [-0.4, -0.2) is 36.6 Å². The van der Waals surface area contributed by atoms with Crippen LogP contribution in [0.15, 0.2) is 0 Å². The minimum Gasteiger partial charge on any atom is -0.313 e. The molecule has 0 aliphatic heterocycles. The molecule has 2 aliphatic rings. The summed E-state index contributed by atoms with van der Waals surface area (Å²) < 4.78 is 0. The molecule has 1 N–H and O–H groups in total. The van der Waals surface area contributed by atoms with Crippen LogP contribution in [0.4, 0.5) is 0 Å². The van der Waals surface area contributed by atoms with Crippen molar-refractivity contribution in [3.63, 3.8) is 0 Å². The summed E-state index contributed by atoms with van der Waals surface area (Å²) in [7, 11) is 0. The van der Waals surface area contributed by atoms with E-state index in [-0.39, 0.29) is 0 Å². The van der Waals surface area contributed by atoms with Crippen molar-refractivity contribution < 1.29 is 0 Å². The smallest absolute Gasteiger partial charge is 0.0159 e. The van der Waals surface area contributed by atoms with Crippen molar-refractivity contribution in [2.75, 3.05) is 19.6 Å². The molecule has 0 aromatic carbocycles. The zero-order chi connectivity index (χ0) is 14.8. The molecule has 20 heavy (non-hydrogen) atoms. The molecule has 2 nitrogen and oxygen atoms in total. The van der Waals surface area contributed by atoms with Crippen molar-refractivity contribution in [1.29, 1.82) is 0 Å². The van der Waals surface area contributed by atoms with E-state index in [0.717, 1.165) is 23.9 Å². The maximum absolute atomic E-state index is 3.86. The van der Waals surface area contributed by atoms with Crippen molar-refractivity contribution >= 4 is 0 Å². The number of rotatable bonds is 8. The molecule has 118 valence electrons. The molecular formula is C18H36N2. The van der Waals surface area contributed by atoms with Crippen LogP contribution < -0.4 is 5.32 Å². The number of nitrogens with zero attached hydrogens (tertiary/aromatic N) is 1. The third-order valence-electron chi connectivity index (χ3n) is 5.22. The molecule has 0 aromatic rings. The van der Waals surface area contributed by atoms with Crippen molar-refractivity contribution in [2.24, 2.45) is 17.3 Å². The highest BCUT2D eigenvalue weighted by Crippen LogP contribution is 2.42. The molecule has 2 aliphatic carbocycles. The van der Waals surface area contributed by atoms with Crippen LogP contribution in [0.25, 0.3) is 0 Å². The van der Waals surface area contributed by atoms with E-state index < -0.39 is 0 Å². The summed E-state index contributed by atoms with van der Waals surface area (Å²) in [6.45, 7) is 15.7.